The first-order chi connectivity index (χ1) is 16.8. The molecule has 3 aliphatic rings. The lowest BCUT2D eigenvalue weighted by Crippen LogP contribution is -2.52. The van der Waals surface area contributed by atoms with E-state index in [9.17, 15) is 19.5 Å². The molecule has 35 heavy (non-hydrogen) atoms. The van der Waals surface area contributed by atoms with Crippen molar-refractivity contribution in [2.45, 2.75) is 41.7 Å². The summed E-state index contributed by atoms with van der Waals surface area (Å²) >= 11 is 7.90. The minimum absolute atomic E-state index is 0.0942. The predicted octanol–water partition coefficient (Wildman–Crippen LogP) is 3.78. The van der Waals surface area contributed by atoms with Gasteiger partial charge in [-0.25, -0.2) is 0 Å². The van der Waals surface area contributed by atoms with Crippen molar-refractivity contribution in [3.8, 4) is 0 Å². The van der Waals surface area contributed by atoms with E-state index in [1.807, 2.05) is 37.3 Å². The maximum atomic E-state index is 13.9. The van der Waals surface area contributed by atoms with Crippen LogP contribution in [0.3, 0.4) is 0 Å². The molecule has 2 aromatic carbocycles. The second kappa shape index (κ2) is 9.15. The number of halogens is 1. The SMILES string of the molecule is C[C@]12CCC3(S1)C(C(=O)Nc1ccccc1Cl)N(CCCO)C(=O)[C@@H]3[C@H]2C(=O)Nc1ccccc1. The van der Waals surface area contributed by atoms with Gasteiger partial charge in [-0.15, -0.1) is 11.8 Å². The van der Waals surface area contributed by atoms with Gasteiger partial charge in [-0.2, -0.15) is 0 Å². The first-order valence-corrected chi connectivity index (χ1v) is 13.0. The summed E-state index contributed by atoms with van der Waals surface area (Å²) in [5.41, 5.74) is 1.16. The quantitative estimate of drug-likeness (QED) is 0.523. The molecule has 2 aromatic rings. The fourth-order valence-electron chi connectivity index (χ4n) is 6.11. The van der Waals surface area contributed by atoms with Crippen molar-refractivity contribution in [1.82, 2.24) is 4.90 Å². The number of aliphatic hydroxyl groups is 1. The molecule has 7 nitrogen and oxygen atoms in total. The van der Waals surface area contributed by atoms with Gasteiger partial charge in [0.25, 0.3) is 0 Å². The van der Waals surface area contributed by atoms with Crippen LogP contribution in [-0.4, -0.2) is 56.4 Å². The molecule has 0 aromatic heterocycles. The summed E-state index contributed by atoms with van der Waals surface area (Å²) in [6.45, 7) is 2.19. The van der Waals surface area contributed by atoms with E-state index in [1.165, 1.54) is 0 Å². The number of carbonyl (C=O) groups excluding carboxylic acids is 3. The number of hydrogen-bond acceptors (Lipinski definition) is 5. The number of thioether (sulfide) groups is 1. The van der Waals surface area contributed by atoms with Crippen LogP contribution in [0.15, 0.2) is 54.6 Å². The fourth-order valence-corrected chi connectivity index (χ4v) is 8.65. The smallest absolute Gasteiger partial charge is 0.248 e. The first kappa shape index (κ1) is 24.2. The normalized spacial score (nSPS) is 30.9. The summed E-state index contributed by atoms with van der Waals surface area (Å²) in [6.07, 6.45) is 1.75. The Labute approximate surface area is 213 Å². The van der Waals surface area contributed by atoms with Gasteiger partial charge < -0.3 is 20.6 Å². The number of rotatable bonds is 7. The van der Waals surface area contributed by atoms with Crippen LogP contribution in [0.25, 0.3) is 0 Å². The van der Waals surface area contributed by atoms with Crippen LogP contribution in [-0.2, 0) is 14.4 Å². The molecular formula is C26H28ClN3O4S. The minimum atomic E-state index is -0.760. The van der Waals surface area contributed by atoms with Crippen LogP contribution >= 0.6 is 23.4 Å². The minimum Gasteiger partial charge on any atom is -0.396 e. The van der Waals surface area contributed by atoms with Gasteiger partial charge in [0.15, 0.2) is 0 Å². The molecule has 9 heteroatoms. The molecule has 184 valence electrons. The van der Waals surface area contributed by atoms with E-state index in [4.69, 9.17) is 11.6 Å². The van der Waals surface area contributed by atoms with Crippen molar-refractivity contribution in [2.24, 2.45) is 11.8 Å². The topological polar surface area (TPSA) is 98.7 Å². The molecule has 3 heterocycles. The summed E-state index contributed by atoms with van der Waals surface area (Å²) in [5.74, 6) is -1.88. The zero-order valence-electron chi connectivity index (χ0n) is 19.4. The Kier molecular flexibility index (Phi) is 6.32. The van der Waals surface area contributed by atoms with E-state index in [2.05, 4.69) is 10.6 Å². The number of anilines is 2. The summed E-state index contributed by atoms with van der Waals surface area (Å²) in [4.78, 5) is 42.8. The number of nitrogens with zero attached hydrogens (tertiary/aromatic N) is 1. The molecule has 1 spiro atoms. The van der Waals surface area contributed by atoms with Gasteiger partial charge in [-0.05, 0) is 50.5 Å². The molecule has 0 radical (unpaired) electrons. The Morgan fingerprint density at radius 3 is 2.51 bits per heavy atom. The molecule has 3 N–H and O–H groups in total. The second-order valence-corrected chi connectivity index (χ2v) is 12.0. The van der Waals surface area contributed by atoms with E-state index in [1.54, 1.807) is 40.9 Å². The van der Waals surface area contributed by atoms with Crippen molar-refractivity contribution < 1.29 is 19.5 Å². The highest BCUT2D eigenvalue weighted by Gasteiger charge is 2.77. The maximum absolute atomic E-state index is 13.9. The summed E-state index contributed by atoms with van der Waals surface area (Å²) in [6, 6.07) is 15.4. The summed E-state index contributed by atoms with van der Waals surface area (Å²) < 4.78 is -1.17. The van der Waals surface area contributed by atoms with Gasteiger partial charge in [-0.1, -0.05) is 41.9 Å². The molecule has 0 aliphatic carbocycles. The van der Waals surface area contributed by atoms with Gasteiger partial charge in [0, 0.05) is 23.6 Å². The molecule has 2 unspecified atom stereocenters. The molecule has 2 bridgehead atoms. The van der Waals surface area contributed by atoms with Gasteiger partial charge >= 0.3 is 0 Å². The van der Waals surface area contributed by atoms with E-state index in [0.29, 0.717) is 29.2 Å². The summed E-state index contributed by atoms with van der Waals surface area (Å²) in [5, 5.41) is 15.8. The fraction of sp³-hybridized carbons (Fsp3) is 0.423. The Morgan fingerprint density at radius 2 is 1.80 bits per heavy atom. The van der Waals surface area contributed by atoms with Crippen LogP contribution in [0.2, 0.25) is 5.02 Å². The number of nitrogens with one attached hydrogen (secondary N) is 2. The Balaban J connectivity index is 1.50. The third-order valence-corrected chi connectivity index (χ3v) is 9.85. The second-order valence-electron chi connectivity index (χ2n) is 9.66. The number of fused-ring (bicyclic) bond motifs is 1. The average molecular weight is 514 g/mol. The monoisotopic (exact) mass is 513 g/mol. The van der Waals surface area contributed by atoms with E-state index >= 15 is 0 Å². The number of amides is 3. The van der Waals surface area contributed by atoms with Crippen LogP contribution in [0.4, 0.5) is 11.4 Å². The molecule has 0 saturated carbocycles. The largest absolute Gasteiger partial charge is 0.396 e. The lowest BCUT2D eigenvalue weighted by atomic mass is 9.66. The molecule has 5 rings (SSSR count). The van der Waals surface area contributed by atoms with Crippen LogP contribution in [0.5, 0.6) is 0 Å². The number of likely N-dealkylation sites (tertiary alicyclic amines) is 1. The third-order valence-electron chi connectivity index (χ3n) is 7.54. The van der Waals surface area contributed by atoms with E-state index < -0.39 is 27.4 Å². The zero-order chi connectivity index (χ0) is 24.8. The van der Waals surface area contributed by atoms with Crippen LogP contribution in [0.1, 0.15) is 26.2 Å². The lowest BCUT2D eigenvalue weighted by Gasteiger charge is -2.34. The van der Waals surface area contributed by atoms with Crippen molar-refractivity contribution in [1.29, 1.82) is 0 Å². The van der Waals surface area contributed by atoms with Crippen molar-refractivity contribution in [2.75, 3.05) is 23.8 Å². The average Bonchev–Trinajstić information content (AvgIpc) is 3.40. The highest BCUT2D eigenvalue weighted by atomic mass is 35.5. The molecule has 3 fully saturated rings. The molecule has 3 aliphatic heterocycles. The highest BCUT2D eigenvalue weighted by molar-refractivity contribution is 8.02. The number of carbonyl (C=O) groups is 3. The standard InChI is InChI=1S/C26H28ClN3O4S/c1-25-12-13-26(35-25)20(19(25)22(32)28-16-8-3-2-4-9-16)24(34)30(14-7-15-31)21(26)23(33)29-18-11-6-5-10-17(18)27/h2-6,8-11,19-21,31H,7,12-15H2,1H3,(H,28,32)(H,29,33)/t19-,20-,21?,25+,26?/m0/s1. The van der Waals surface area contributed by atoms with Crippen molar-refractivity contribution >= 4 is 52.5 Å². The van der Waals surface area contributed by atoms with Crippen LogP contribution < -0.4 is 10.6 Å². The Bertz CT molecular complexity index is 1160. The number of benzene rings is 2. The number of para-hydroxylation sites is 2. The van der Waals surface area contributed by atoms with Gasteiger partial charge in [-0.3, -0.25) is 14.4 Å². The maximum Gasteiger partial charge on any atom is 0.248 e. The van der Waals surface area contributed by atoms with E-state index in [0.717, 1.165) is 6.42 Å². The van der Waals surface area contributed by atoms with Gasteiger partial charge in [0.2, 0.25) is 17.7 Å². The van der Waals surface area contributed by atoms with Gasteiger partial charge in [0.05, 0.1) is 27.3 Å². The summed E-state index contributed by atoms with van der Waals surface area (Å²) in [7, 11) is 0. The molecule has 3 amide bonds. The third kappa shape index (κ3) is 3.92. The lowest BCUT2D eigenvalue weighted by molar-refractivity contribution is -0.139. The van der Waals surface area contributed by atoms with Crippen molar-refractivity contribution in [3.05, 3.63) is 59.6 Å². The van der Waals surface area contributed by atoms with Crippen molar-refractivity contribution in [3.63, 3.8) is 0 Å². The first-order valence-electron chi connectivity index (χ1n) is 11.8. The predicted molar refractivity (Wildman–Crippen MR) is 137 cm³/mol. The van der Waals surface area contributed by atoms with E-state index in [-0.39, 0.29) is 30.9 Å². The molecule has 5 atom stereocenters. The van der Waals surface area contributed by atoms with Gasteiger partial charge in [0.1, 0.15) is 6.04 Å². The highest BCUT2D eigenvalue weighted by Crippen LogP contribution is 2.71. The Morgan fingerprint density at radius 1 is 1.09 bits per heavy atom. The molecular weight excluding hydrogens is 486 g/mol. The Hall–Kier alpha value is -2.55. The number of hydrogen-bond donors (Lipinski definition) is 3. The zero-order valence-corrected chi connectivity index (χ0v) is 20.9. The molecule has 3 saturated heterocycles. The number of aliphatic hydroxyl groups excluding tert-OH is 1. The van der Waals surface area contributed by atoms with Crippen LogP contribution in [0, 0.1) is 11.8 Å².